The normalized spacial score (nSPS) is 9.95. The fourth-order valence-electron chi connectivity index (χ4n) is 1.70. The Morgan fingerprint density at radius 2 is 2.16 bits per heavy atom. The third-order valence-electron chi connectivity index (χ3n) is 2.50. The maximum absolute atomic E-state index is 8.86. The van der Waals surface area contributed by atoms with E-state index < -0.39 is 0 Å². The third kappa shape index (κ3) is 3.67. The molecule has 1 N–H and O–H groups in total. The Morgan fingerprint density at radius 3 is 2.89 bits per heavy atom. The van der Waals surface area contributed by atoms with Crippen LogP contribution >= 0.6 is 11.6 Å². The van der Waals surface area contributed by atoms with Gasteiger partial charge in [-0.1, -0.05) is 31.0 Å². The van der Waals surface area contributed by atoms with Gasteiger partial charge in [-0.15, -0.1) is 0 Å². The number of hydrogen-bond donors (Lipinski definition) is 1. The predicted octanol–water partition coefficient (Wildman–Crippen LogP) is 3.70. The van der Waals surface area contributed by atoms with Gasteiger partial charge in [-0.3, -0.25) is 0 Å². The van der Waals surface area contributed by atoms with Crippen molar-refractivity contribution >= 4 is 23.2 Å². The predicted molar refractivity (Wildman–Crippen MR) is 75.5 cm³/mol. The molecule has 0 radical (unpaired) electrons. The highest BCUT2D eigenvalue weighted by molar-refractivity contribution is 6.29. The lowest BCUT2D eigenvalue weighted by Crippen LogP contribution is -2.00. The van der Waals surface area contributed by atoms with Gasteiger partial charge in [0.1, 0.15) is 5.15 Å². The summed E-state index contributed by atoms with van der Waals surface area (Å²) in [4.78, 5) is 8.51. The van der Waals surface area contributed by atoms with Crippen LogP contribution in [0.1, 0.15) is 24.6 Å². The molecule has 1 aromatic carbocycles. The number of aryl methyl sites for hydroxylation is 1. The van der Waals surface area contributed by atoms with E-state index in [1.807, 2.05) is 6.07 Å². The Bertz CT molecular complexity index is 619. The summed E-state index contributed by atoms with van der Waals surface area (Å²) in [7, 11) is 0. The summed E-state index contributed by atoms with van der Waals surface area (Å²) in [6.45, 7) is 2.08. The molecule has 0 aliphatic rings. The second-order valence-electron chi connectivity index (χ2n) is 4.07. The summed E-state index contributed by atoms with van der Waals surface area (Å²) < 4.78 is 0. The van der Waals surface area contributed by atoms with Crippen molar-refractivity contribution in [1.82, 2.24) is 9.97 Å². The number of anilines is 2. The van der Waals surface area contributed by atoms with E-state index in [-0.39, 0.29) is 0 Å². The second kappa shape index (κ2) is 6.17. The first-order valence-corrected chi connectivity index (χ1v) is 6.39. The molecule has 0 spiro atoms. The highest BCUT2D eigenvalue weighted by Gasteiger charge is 2.04. The molecule has 0 atom stereocenters. The van der Waals surface area contributed by atoms with Crippen LogP contribution in [0, 0.1) is 11.3 Å². The Morgan fingerprint density at radius 1 is 1.32 bits per heavy atom. The molecule has 1 aromatic heterocycles. The molecule has 0 aliphatic carbocycles. The SMILES string of the molecule is CCCc1cc(Cl)nc(Nc2cccc(C#N)c2)n1. The molecule has 0 unspecified atom stereocenters. The van der Waals surface area contributed by atoms with Crippen molar-refractivity contribution in [3.8, 4) is 6.07 Å². The molecular formula is C14H13ClN4. The van der Waals surface area contributed by atoms with Crippen LogP contribution in [0.15, 0.2) is 30.3 Å². The average molecular weight is 273 g/mol. The third-order valence-corrected chi connectivity index (χ3v) is 2.70. The van der Waals surface area contributed by atoms with E-state index in [1.165, 1.54) is 0 Å². The van der Waals surface area contributed by atoms with E-state index in [0.717, 1.165) is 24.2 Å². The minimum atomic E-state index is 0.414. The molecule has 2 rings (SSSR count). The molecule has 0 saturated carbocycles. The van der Waals surface area contributed by atoms with Gasteiger partial charge in [-0.05, 0) is 30.7 Å². The molecule has 19 heavy (non-hydrogen) atoms. The van der Waals surface area contributed by atoms with Crippen molar-refractivity contribution in [3.63, 3.8) is 0 Å². The zero-order valence-electron chi connectivity index (χ0n) is 10.5. The average Bonchev–Trinajstić information content (AvgIpc) is 2.38. The zero-order valence-corrected chi connectivity index (χ0v) is 11.3. The van der Waals surface area contributed by atoms with Gasteiger partial charge in [0.25, 0.3) is 0 Å². The first kappa shape index (κ1) is 13.3. The van der Waals surface area contributed by atoms with Gasteiger partial charge in [0.2, 0.25) is 5.95 Å². The van der Waals surface area contributed by atoms with Crippen molar-refractivity contribution in [1.29, 1.82) is 5.26 Å². The van der Waals surface area contributed by atoms with Crippen LogP contribution in [0.4, 0.5) is 11.6 Å². The fourth-order valence-corrected chi connectivity index (χ4v) is 1.91. The number of hydrogen-bond acceptors (Lipinski definition) is 4. The van der Waals surface area contributed by atoms with Gasteiger partial charge in [0, 0.05) is 11.4 Å². The smallest absolute Gasteiger partial charge is 0.228 e. The standard InChI is InChI=1S/C14H13ClN4/c1-2-4-11-8-13(15)19-14(17-11)18-12-6-3-5-10(7-12)9-16/h3,5-8H,2,4H2,1H3,(H,17,18,19). The molecule has 1 heterocycles. The first-order chi connectivity index (χ1) is 9.21. The largest absolute Gasteiger partial charge is 0.324 e. The summed E-state index contributed by atoms with van der Waals surface area (Å²) in [5, 5.41) is 12.3. The number of benzene rings is 1. The van der Waals surface area contributed by atoms with Crippen LogP contribution < -0.4 is 5.32 Å². The maximum Gasteiger partial charge on any atom is 0.228 e. The summed E-state index contributed by atoms with van der Waals surface area (Å²) in [5.74, 6) is 0.450. The van der Waals surface area contributed by atoms with Crippen LogP contribution in [0.25, 0.3) is 0 Å². The van der Waals surface area contributed by atoms with E-state index in [0.29, 0.717) is 16.7 Å². The first-order valence-electron chi connectivity index (χ1n) is 6.02. The lowest BCUT2D eigenvalue weighted by atomic mass is 10.2. The fraction of sp³-hybridized carbons (Fsp3) is 0.214. The number of nitriles is 1. The van der Waals surface area contributed by atoms with E-state index in [2.05, 4.69) is 28.3 Å². The van der Waals surface area contributed by atoms with Crippen molar-refractivity contribution in [3.05, 3.63) is 46.7 Å². The molecule has 2 aromatic rings. The van der Waals surface area contributed by atoms with Crippen LogP contribution in [-0.4, -0.2) is 9.97 Å². The van der Waals surface area contributed by atoms with Crippen LogP contribution in [0.3, 0.4) is 0 Å². The number of rotatable bonds is 4. The topological polar surface area (TPSA) is 61.6 Å². The lowest BCUT2D eigenvalue weighted by molar-refractivity contribution is 0.875. The van der Waals surface area contributed by atoms with Crippen molar-refractivity contribution in [2.24, 2.45) is 0 Å². The summed E-state index contributed by atoms with van der Waals surface area (Å²) in [6.07, 6.45) is 1.85. The summed E-state index contributed by atoms with van der Waals surface area (Å²) >= 11 is 5.97. The molecule has 96 valence electrons. The molecule has 0 aliphatic heterocycles. The second-order valence-corrected chi connectivity index (χ2v) is 4.46. The van der Waals surface area contributed by atoms with Crippen molar-refractivity contribution < 1.29 is 0 Å². The van der Waals surface area contributed by atoms with E-state index in [4.69, 9.17) is 16.9 Å². The monoisotopic (exact) mass is 272 g/mol. The Balaban J connectivity index is 2.25. The van der Waals surface area contributed by atoms with E-state index >= 15 is 0 Å². The van der Waals surface area contributed by atoms with E-state index in [1.54, 1.807) is 24.3 Å². The minimum absolute atomic E-state index is 0.414. The number of halogens is 1. The number of aromatic nitrogens is 2. The minimum Gasteiger partial charge on any atom is -0.324 e. The van der Waals surface area contributed by atoms with Crippen LogP contribution in [0.2, 0.25) is 5.15 Å². The van der Waals surface area contributed by atoms with Gasteiger partial charge in [0.15, 0.2) is 0 Å². The molecule has 4 nitrogen and oxygen atoms in total. The van der Waals surface area contributed by atoms with Crippen molar-refractivity contribution in [2.75, 3.05) is 5.32 Å². The lowest BCUT2D eigenvalue weighted by Gasteiger charge is -2.07. The highest BCUT2D eigenvalue weighted by Crippen LogP contribution is 2.17. The van der Waals surface area contributed by atoms with E-state index in [9.17, 15) is 0 Å². The van der Waals surface area contributed by atoms with Gasteiger partial charge >= 0.3 is 0 Å². The summed E-state index contributed by atoms with van der Waals surface area (Å²) in [5.41, 5.74) is 2.26. The molecule has 0 fully saturated rings. The van der Waals surface area contributed by atoms with Crippen LogP contribution in [0.5, 0.6) is 0 Å². The van der Waals surface area contributed by atoms with Gasteiger partial charge in [-0.2, -0.15) is 5.26 Å². The van der Waals surface area contributed by atoms with Crippen molar-refractivity contribution in [2.45, 2.75) is 19.8 Å². The Hall–Kier alpha value is -2.12. The Labute approximate surface area is 117 Å². The molecule has 0 amide bonds. The maximum atomic E-state index is 8.86. The van der Waals surface area contributed by atoms with Crippen LogP contribution in [-0.2, 0) is 6.42 Å². The molecule has 0 bridgehead atoms. The Kier molecular flexibility index (Phi) is 4.32. The molecular weight excluding hydrogens is 260 g/mol. The summed E-state index contributed by atoms with van der Waals surface area (Å²) in [6, 6.07) is 11.0. The molecule has 5 heteroatoms. The number of nitrogens with zero attached hydrogens (tertiary/aromatic N) is 3. The quantitative estimate of drug-likeness (QED) is 0.862. The highest BCUT2D eigenvalue weighted by atomic mass is 35.5. The van der Waals surface area contributed by atoms with Gasteiger partial charge in [-0.25, -0.2) is 9.97 Å². The number of nitrogens with one attached hydrogen (secondary N) is 1. The molecule has 0 saturated heterocycles. The zero-order chi connectivity index (χ0) is 13.7. The van der Waals surface area contributed by atoms with Gasteiger partial charge < -0.3 is 5.32 Å². The van der Waals surface area contributed by atoms with Gasteiger partial charge in [0.05, 0.1) is 11.6 Å².